The molecule has 0 bridgehead atoms. The first-order valence-electron chi connectivity index (χ1n) is 4.96. The average molecular weight is 342 g/mol. The number of halogens is 1. The Morgan fingerprint density at radius 1 is 1.44 bits per heavy atom. The van der Waals surface area contributed by atoms with Crippen LogP contribution in [0.1, 0.15) is 0 Å². The van der Waals surface area contributed by atoms with Gasteiger partial charge in [0.15, 0.2) is 4.23 Å². The molecule has 7 nitrogen and oxygen atoms in total. The molecule has 3 N–H and O–H groups in total. The summed E-state index contributed by atoms with van der Waals surface area (Å²) in [5.74, 6) is 0. The largest absolute Gasteiger partial charge is 0.447 e. The Balaban J connectivity index is 1.94. The van der Waals surface area contributed by atoms with Gasteiger partial charge in [-0.1, -0.05) is 0 Å². The van der Waals surface area contributed by atoms with Crippen molar-refractivity contribution in [2.75, 3.05) is 6.61 Å². The number of ether oxygens (including phenoxy) is 2. The van der Waals surface area contributed by atoms with Crippen molar-refractivity contribution in [2.24, 2.45) is 0 Å². The molecular formula is C8H11IN2O5. The van der Waals surface area contributed by atoms with E-state index in [1.54, 1.807) is 0 Å². The highest BCUT2D eigenvalue weighted by Gasteiger charge is 2.57. The lowest BCUT2D eigenvalue weighted by molar-refractivity contribution is -0.135. The van der Waals surface area contributed by atoms with Gasteiger partial charge in [0, 0.05) is 0 Å². The summed E-state index contributed by atoms with van der Waals surface area (Å²) in [5.41, 5.74) is 0. The third-order valence-corrected chi connectivity index (χ3v) is 3.87. The van der Waals surface area contributed by atoms with Crippen LogP contribution in [0.5, 0.6) is 0 Å². The fourth-order valence-corrected chi connectivity index (χ4v) is 3.15. The number of aliphatic hydroxyl groups excluding tert-OH is 2. The van der Waals surface area contributed by atoms with Gasteiger partial charge in [0.1, 0.15) is 31.1 Å². The van der Waals surface area contributed by atoms with Crippen LogP contribution in [0.4, 0.5) is 4.79 Å². The molecule has 1 amide bonds. The van der Waals surface area contributed by atoms with E-state index in [1.165, 1.54) is 4.90 Å². The molecule has 0 aliphatic carbocycles. The van der Waals surface area contributed by atoms with E-state index in [4.69, 9.17) is 9.47 Å². The second-order valence-corrected chi connectivity index (χ2v) is 5.19. The van der Waals surface area contributed by atoms with Crippen molar-refractivity contribution in [1.82, 2.24) is 10.2 Å². The van der Waals surface area contributed by atoms with Gasteiger partial charge in [-0.2, -0.15) is 0 Å². The van der Waals surface area contributed by atoms with E-state index in [-0.39, 0.29) is 10.8 Å². The van der Waals surface area contributed by atoms with Crippen LogP contribution in [0, 0.1) is 0 Å². The molecule has 0 aromatic carbocycles. The minimum absolute atomic E-state index is 0.105. The zero-order chi connectivity index (χ0) is 11.4. The molecule has 3 rings (SSSR count). The second kappa shape index (κ2) is 3.67. The second-order valence-electron chi connectivity index (χ2n) is 4.06. The molecule has 8 heteroatoms. The molecule has 3 heterocycles. The summed E-state index contributed by atoms with van der Waals surface area (Å²) in [6.07, 6.45) is -3.56. The maximum absolute atomic E-state index is 11.5. The molecule has 3 saturated heterocycles. The Morgan fingerprint density at radius 3 is 2.94 bits per heavy atom. The summed E-state index contributed by atoms with van der Waals surface area (Å²) < 4.78 is 10.0. The Labute approximate surface area is 105 Å². The predicted molar refractivity (Wildman–Crippen MR) is 58.6 cm³/mol. The number of hydrogen-bond donors (Lipinski definition) is 3. The first-order chi connectivity index (χ1) is 7.59. The van der Waals surface area contributed by atoms with E-state index in [0.717, 1.165) is 0 Å². The molecule has 3 aliphatic rings. The van der Waals surface area contributed by atoms with Gasteiger partial charge >= 0.3 is 6.09 Å². The Kier molecular flexibility index (Phi) is 2.51. The van der Waals surface area contributed by atoms with Crippen LogP contribution in [0.15, 0.2) is 0 Å². The summed E-state index contributed by atoms with van der Waals surface area (Å²) in [7, 11) is 0. The standard InChI is InChI=1S/C8H11IN2O5/c9-7-10-6-5(16-7)4(13)3(12)2-1-15-8(14)11(2)6/h2-7,10,12-13H,1H2/t2?,3-,4+,5?,6+,7?/m1/s1. The quantitative estimate of drug-likeness (QED) is 0.284. The molecule has 0 spiro atoms. The number of rotatable bonds is 0. The normalized spacial score (nSPS) is 51.2. The molecule has 0 aromatic rings. The first-order valence-corrected chi connectivity index (χ1v) is 6.21. The maximum atomic E-state index is 11.5. The summed E-state index contributed by atoms with van der Waals surface area (Å²) >= 11 is 2.01. The number of hydrogen-bond acceptors (Lipinski definition) is 6. The van der Waals surface area contributed by atoms with Crippen LogP contribution in [0.25, 0.3) is 0 Å². The molecule has 0 saturated carbocycles. The SMILES string of the molecule is O=C1OCC2[C@@H](O)[C@H](O)C3OC(I)N[C@H]3N12. The predicted octanol–water partition coefficient (Wildman–Crippen LogP) is -1.42. The van der Waals surface area contributed by atoms with Gasteiger partial charge in [-0.15, -0.1) is 0 Å². The van der Waals surface area contributed by atoms with Crippen LogP contribution in [0.2, 0.25) is 0 Å². The molecular weight excluding hydrogens is 331 g/mol. The van der Waals surface area contributed by atoms with Crippen molar-refractivity contribution in [3.8, 4) is 0 Å². The Hall–Kier alpha value is -0.160. The monoisotopic (exact) mass is 342 g/mol. The number of nitrogens with zero attached hydrogens (tertiary/aromatic N) is 1. The van der Waals surface area contributed by atoms with Crippen molar-refractivity contribution >= 4 is 28.7 Å². The Morgan fingerprint density at radius 2 is 2.19 bits per heavy atom. The number of carbonyl (C=O) groups excluding carboxylic acids is 1. The zero-order valence-corrected chi connectivity index (χ0v) is 10.3. The number of amides is 1. The number of nitrogens with one attached hydrogen (secondary N) is 1. The number of fused-ring (bicyclic) bond motifs is 3. The number of piperidine rings is 1. The summed E-state index contributed by atoms with van der Waals surface area (Å²) in [6, 6.07) is -0.499. The first kappa shape index (κ1) is 11.0. The van der Waals surface area contributed by atoms with Crippen LogP contribution in [-0.2, 0) is 9.47 Å². The lowest BCUT2D eigenvalue weighted by Crippen LogP contribution is -2.66. The summed E-state index contributed by atoms with van der Waals surface area (Å²) in [6.45, 7) is 0.105. The molecule has 3 aliphatic heterocycles. The van der Waals surface area contributed by atoms with Crippen molar-refractivity contribution in [2.45, 2.75) is 34.8 Å². The molecule has 3 fully saturated rings. The Bertz CT molecular complexity index is 330. The molecule has 3 unspecified atom stereocenters. The minimum atomic E-state index is -1.03. The van der Waals surface area contributed by atoms with Gasteiger partial charge in [-0.05, 0) is 22.6 Å². The summed E-state index contributed by atoms with van der Waals surface area (Å²) in [5, 5.41) is 22.8. The van der Waals surface area contributed by atoms with Crippen LogP contribution in [0.3, 0.4) is 0 Å². The highest BCUT2D eigenvalue weighted by molar-refractivity contribution is 14.1. The zero-order valence-electron chi connectivity index (χ0n) is 8.12. The van der Waals surface area contributed by atoms with E-state index in [1.807, 2.05) is 22.6 Å². The minimum Gasteiger partial charge on any atom is -0.447 e. The third-order valence-electron chi connectivity index (χ3n) is 3.22. The van der Waals surface area contributed by atoms with E-state index in [9.17, 15) is 15.0 Å². The third kappa shape index (κ3) is 1.37. The van der Waals surface area contributed by atoms with Crippen LogP contribution < -0.4 is 5.32 Å². The van der Waals surface area contributed by atoms with Crippen LogP contribution >= 0.6 is 22.6 Å². The molecule has 6 atom stereocenters. The maximum Gasteiger partial charge on any atom is 0.411 e. The molecule has 16 heavy (non-hydrogen) atoms. The smallest absolute Gasteiger partial charge is 0.411 e. The van der Waals surface area contributed by atoms with Crippen LogP contribution in [-0.4, -0.2) is 62.6 Å². The van der Waals surface area contributed by atoms with Gasteiger partial charge in [0.25, 0.3) is 0 Å². The molecule has 0 aromatic heterocycles. The van der Waals surface area contributed by atoms with Gasteiger partial charge < -0.3 is 19.7 Å². The lowest BCUT2D eigenvalue weighted by Gasteiger charge is -2.41. The topological polar surface area (TPSA) is 91.3 Å². The van der Waals surface area contributed by atoms with E-state index < -0.39 is 36.6 Å². The number of cyclic esters (lactones) is 1. The van der Waals surface area contributed by atoms with Crippen molar-refractivity contribution in [3.63, 3.8) is 0 Å². The van der Waals surface area contributed by atoms with E-state index >= 15 is 0 Å². The molecule has 0 radical (unpaired) electrons. The van der Waals surface area contributed by atoms with Crippen molar-refractivity contribution in [1.29, 1.82) is 0 Å². The molecule has 90 valence electrons. The highest BCUT2D eigenvalue weighted by Crippen LogP contribution is 2.34. The fourth-order valence-electron chi connectivity index (χ4n) is 2.44. The van der Waals surface area contributed by atoms with Crippen molar-refractivity contribution in [3.05, 3.63) is 0 Å². The number of carbonyl (C=O) groups is 1. The average Bonchev–Trinajstić information content (AvgIpc) is 2.78. The number of alkyl halides is 1. The van der Waals surface area contributed by atoms with Gasteiger partial charge in [0.05, 0.1) is 6.04 Å². The van der Waals surface area contributed by atoms with Gasteiger partial charge in [-0.25, -0.2) is 4.79 Å². The van der Waals surface area contributed by atoms with E-state index in [0.29, 0.717) is 0 Å². The van der Waals surface area contributed by atoms with Crippen molar-refractivity contribution < 1.29 is 24.5 Å². The lowest BCUT2D eigenvalue weighted by atomic mass is 9.93. The van der Waals surface area contributed by atoms with Gasteiger partial charge in [-0.3, -0.25) is 10.2 Å². The van der Waals surface area contributed by atoms with Gasteiger partial charge in [0.2, 0.25) is 0 Å². The van der Waals surface area contributed by atoms with E-state index in [2.05, 4.69) is 5.32 Å². The number of aliphatic hydroxyl groups is 2. The highest BCUT2D eigenvalue weighted by atomic mass is 127. The summed E-state index contributed by atoms with van der Waals surface area (Å²) in [4.78, 5) is 12.9. The fraction of sp³-hybridized carbons (Fsp3) is 0.875.